The van der Waals surface area contributed by atoms with Crippen LogP contribution in [0.1, 0.15) is 25.0 Å². The second-order valence-electron chi connectivity index (χ2n) is 29.5. The van der Waals surface area contributed by atoms with Crippen molar-refractivity contribution in [2.45, 2.75) is 19.3 Å². The molecule has 21 rings (SSSR count). The van der Waals surface area contributed by atoms with Crippen LogP contribution in [-0.4, -0.2) is 9.13 Å². The first kappa shape index (κ1) is 67.7. The Morgan fingerprint density at radius 1 is 0.248 bits per heavy atom. The Balaban J connectivity index is 0.000000155. The molecule has 0 saturated carbocycles. The van der Waals surface area contributed by atoms with Gasteiger partial charge in [0.25, 0.3) is 0 Å². The summed E-state index contributed by atoms with van der Waals surface area (Å²) in [6, 6.07) is 141. The average molecular weight is 1460 g/mol. The minimum atomic E-state index is -0.255. The Bertz CT molecular complexity index is 6590. The Hall–Kier alpha value is -14.6. The van der Waals surface area contributed by atoms with Gasteiger partial charge in [-0.15, -0.1) is 0 Å². The van der Waals surface area contributed by atoms with E-state index in [2.05, 4.69) is 365 Å². The SMILES string of the molecule is CC1(C)c2ccc(N(c3ccc(-c4ccccc4)cc3)c3ccc(-c4ccccc4)cc3)cc2-c2c1ccc1c2oc2ccccc21.Fc1ccc(-n2c3ccccc3c3cc(N(c4ccccc4)c4ccc(-c5ccc(N(c6ccccc6)c6ccc7c(c6)c6ccccc6n7-c6ccc(F)cc6)cc5)cc4)ccc32)cc1. The fraction of sp³-hybridized carbons (Fsp3) is 0.0286. The van der Waals surface area contributed by atoms with Crippen LogP contribution in [0, 0.1) is 11.6 Å². The van der Waals surface area contributed by atoms with Crippen LogP contribution in [0.4, 0.5) is 60.0 Å². The fourth-order valence-corrected chi connectivity index (χ4v) is 17.1. The number of fused-ring (bicyclic) bond motifs is 13. The molecular weight excluding hydrogens is 1390 g/mol. The quantitative estimate of drug-likeness (QED) is 0.109. The molecule has 0 saturated heterocycles. The highest BCUT2D eigenvalue weighted by molar-refractivity contribution is 6.14. The third kappa shape index (κ3) is 12.1. The van der Waals surface area contributed by atoms with Crippen LogP contribution in [0.3, 0.4) is 0 Å². The molecule has 0 aliphatic heterocycles. The molecule has 20 aromatic rings. The number of rotatable bonds is 14. The maximum Gasteiger partial charge on any atom is 0.143 e. The second-order valence-corrected chi connectivity index (χ2v) is 29.5. The molecule has 3 aromatic heterocycles. The molecule has 0 fully saturated rings. The molecule has 1 aliphatic carbocycles. The molecule has 538 valence electrons. The summed E-state index contributed by atoms with van der Waals surface area (Å²) in [6.45, 7) is 4.66. The van der Waals surface area contributed by atoms with E-state index in [9.17, 15) is 8.78 Å². The van der Waals surface area contributed by atoms with Crippen LogP contribution in [0.15, 0.2) is 411 Å². The van der Waals surface area contributed by atoms with Crippen molar-refractivity contribution in [3.8, 4) is 55.9 Å². The average Bonchev–Trinajstić information content (AvgIpc) is 1.55. The molecule has 113 heavy (non-hydrogen) atoms. The van der Waals surface area contributed by atoms with Gasteiger partial charge in [0.2, 0.25) is 0 Å². The monoisotopic (exact) mass is 1460 g/mol. The standard InChI is InChI=1S/C60H40F2N4.C45H33NO/c61-43-23-31-49(32-24-43)65-57-17-9-7-15-53(57)55-39-51(35-37-59(55)65)63(45-11-3-1-4-12-45)47-27-19-41(20-28-47)42-21-29-48(30-22-42)64(46-13-5-2-6-14-46)52-36-38-60-56(40-52)54-16-8-10-18-58(54)66(60)50-33-25-44(62)26-34-50;1-45(2)40-27-25-36(29-39(40)43-41(45)28-26-38-37-15-9-10-16-42(37)47-44(38)43)46(34-21-17-32(18-22-34)30-11-5-3-6-12-30)35-23-19-33(20-24-35)31-13-7-4-8-14-31/h1-40H;3-29H,1-2H3. The lowest BCUT2D eigenvalue weighted by atomic mass is 9.82. The first-order valence-corrected chi connectivity index (χ1v) is 38.3. The van der Waals surface area contributed by atoms with Gasteiger partial charge in [-0.05, 0) is 238 Å². The number of hydrogen-bond acceptors (Lipinski definition) is 4. The summed E-state index contributed by atoms with van der Waals surface area (Å²) < 4.78 is 39.0. The normalized spacial score (nSPS) is 12.1. The highest BCUT2D eigenvalue weighted by Crippen LogP contribution is 2.55. The van der Waals surface area contributed by atoms with E-state index in [0.717, 1.165) is 134 Å². The molecule has 1 aliphatic rings. The Kier molecular flexibility index (Phi) is 16.9. The summed E-state index contributed by atoms with van der Waals surface area (Å²) in [7, 11) is 0. The van der Waals surface area contributed by atoms with Crippen molar-refractivity contribution < 1.29 is 13.2 Å². The number of hydrogen-bond donors (Lipinski definition) is 0. The Morgan fingerprint density at radius 3 is 0.991 bits per heavy atom. The molecule has 17 aromatic carbocycles. The topological polar surface area (TPSA) is 32.7 Å². The number of aromatic nitrogens is 2. The minimum Gasteiger partial charge on any atom is -0.455 e. The molecular formula is C105H73F2N5O. The largest absolute Gasteiger partial charge is 0.455 e. The van der Waals surface area contributed by atoms with E-state index in [1.54, 1.807) is 0 Å². The molecule has 6 nitrogen and oxygen atoms in total. The molecule has 0 amide bonds. The van der Waals surface area contributed by atoms with E-state index in [4.69, 9.17) is 4.42 Å². The number of benzene rings is 17. The third-order valence-electron chi connectivity index (χ3n) is 22.5. The Morgan fingerprint density at radius 2 is 0.566 bits per heavy atom. The maximum absolute atomic E-state index is 14.0. The summed E-state index contributed by atoms with van der Waals surface area (Å²) in [6.07, 6.45) is 0. The lowest BCUT2D eigenvalue weighted by Gasteiger charge is -2.27. The van der Waals surface area contributed by atoms with Crippen LogP contribution < -0.4 is 14.7 Å². The van der Waals surface area contributed by atoms with Gasteiger partial charge in [0, 0.05) is 106 Å². The van der Waals surface area contributed by atoms with Crippen LogP contribution >= 0.6 is 0 Å². The molecule has 8 heteroatoms. The number of nitrogens with zero attached hydrogens (tertiary/aromatic N) is 5. The molecule has 3 heterocycles. The van der Waals surface area contributed by atoms with Gasteiger partial charge in [-0.1, -0.05) is 232 Å². The van der Waals surface area contributed by atoms with Gasteiger partial charge in [0.05, 0.1) is 22.1 Å². The van der Waals surface area contributed by atoms with Crippen LogP contribution in [0.5, 0.6) is 0 Å². The van der Waals surface area contributed by atoms with Gasteiger partial charge in [-0.3, -0.25) is 0 Å². The predicted octanol–water partition coefficient (Wildman–Crippen LogP) is 29.5. The zero-order chi connectivity index (χ0) is 75.7. The molecule has 0 radical (unpaired) electrons. The van der Waals surface area contributed by atoms with Crippen molar-refractivity contribution >= 4 is 117 Å². The zero-order valence-corrected chi connectivity index (χ0v) is 62.1. The summed E-state index contributed by atoms with van der Waals surface area (Å²) in [5.74, 6) is -0.510. The van der Waals surface area contributed by atoms with Gasteiger partial charge in [-0.2, -0.15) is 0 Å². The van der Waals surface area contributed by atoms with Gasteiger partial charge in [0.15, 0.2) is 0 Å². The van der Waals surface area contributed by atoms with Gasteiger partial charge < -0.3 is 28.3 Å². The molecule has 0 atom stereocenters. The second kappa shape index (κ2) is 28.1. The minimum absolute atomic E-state index is 0.143. The van der Waals surface area contributed by atoms with Gasteiger partial charge >= 0.3 is 0 Å². The molecule has 0 bridgehead atoms. The van der Waals surface area contributed by atoms with Crippen molar-refractivity contribution in [1.29, 1.82) is 0 Å². The van der Waals surface area contributed by atoms with E-state index in [1.165, 1.54) is 74.2 Å². The third-order valence-corrected chi connectivity index (χ3v) is 22.5. The van der Waals surface area contributed by atoms with E-state index < -0.39 is 0 Å². The summed E-state index contributed by atoms with van der Waals surface area (Å²) in [5.41, 5.74) is 29.5. The van der Waals surface area contributed by atoms with E-state index in [-0.39, 0.29) is 17.0 Å². The van der Waals surface area contributed by atoms with E-state index in [1.807, 2.05) is 54.6 Å². The van der Waals surface area contributed by atoms with Gasteiger partial charge in [0.1, 0.15) is 22.8 Å². The summed E-state index contributed by atoms with van der Waals surface area (Å²) in [5, 5.41) is 6.82. The lowest BCUT2D eigenvalue weighted by Crippen LogP contribution is -2.15. The first-order valence-electron chi connectivity index (χ1n) is 38.3. The highest BCUT2D eigenvalue weighted by atomic mass is 19.1. The maximum atomic E-state index is 14.0. The zero-order valence-electron chi connectivity index (χ0n) is 62.1. The first-order chi connectivity index (χ1) is 55.6. The smallest absolute Gasteiger partial charge is 0.143 e. The number of furan rings is 1. The summed E-state index contributed by atoms with van der Waals surface area (Å²) >= 11 is 0. The summed E-state index contributed by atoms with van der Waals surface area (Å²) in [4.78, 5) is 6.96. The van der Waals surface area contributed by atoms with E-state index >= 15 is 0 Å². The predicted molar refractivity (Wildman–Crippen MR) is 467 cm³/mol. The van der Waals surface area contributed by atoms with Crippen molar-refractivity contribution in [3.63, 3.8) is 0 Å². The Labute approximate surface area is 654 Å². The van der Waals surface area contributed by atoms with Crippen molar-refractivity contribution in [3.05, 3.63) is 429 Å². The lowest BCUT2D eigenvalue weighted by molar-refractivity contribution is 0.627. The number of halogens is 2. The van der Waals surface area contributed by atoms with Crippen molar-refractivity contribution in [1.82, 2.24) is 9.13 Å². The van der Waals surface area contributed by atoms with Gasteiger partial charge in [-0.25, -0.2) is 8.78 Å². The van der Waals surface area contributed by atoms with E-state index in [0.29, 0.717) is 0 Å². The molecule has 0 spiro atoms. The fourth-order valence-electron chi connectivity index (χ4n) is 17.1. The number of para-hydroxylation sites is 5. The van der Waals surface area contributed by atoms with Crippen LogP contribution in [0.2, 0.25) is 0 Å². The van der Waals surface area contributed by atoms with Crippen LogP contribution in [-0.2, 0) is 5.41 Å². The molecule has 0 unspecified atom stereocenters. The number of anilines is 9. The van der Waals surface area contributed by atoms with Crippen LogP contribution in [0.25, 0.3) is 121 Å². The highest BCUT2D eigenvalue weighted by Gasteiger charge is 2.38. The molecule has 0 N–H and O–H groups in total. The van der Waals surface area contributed by atoms with Crippen molar-refractivity contribution in [2.75, 3.05) is 14.7 Å². The van der Waals surface area contributed by atoms with Crippen molar-refractivity contribution in [2.24, 2.45) is 0 Å².